The van der Waals surface area contributed by atoms with E-state index in [0.717, 1.165) is 29.9 Å². The summed E-state index contributed by atoms with van der Waals surface area (Å²) in [6.07, 6.45) is 1.27. The maximum Gasteiger partial charge on any atom is 0.231 e. The zero-order valence-corrected chi connectivity index (χ0v) is 12.9. The molecular weight excluding hydrogens is 266 g/mol. The molecule has 2 rings (SSSR count). The van der Waals surface area contributed by atoms with E-state index in [1.165, 1.54) is 0 Å². The molecule has 0 aromatic heterocycles. The molecular formula is C16H23N3O2. The number of hydrogen-bond donors (Lipinski definition) is 3. The lowest BCUT2D eigenvalue weighted by Crippen LogP contribution is -2.35. The van der Waals surface area contributed by atoms with E-state index in [1.54, 1.807) is 0 Å². The van der Waals surface area contributed by atoms with Crippen molar-refractivity contribution in [3.63, 3.8) is 0 Å². The quantitative estimate of drug-likeness (QED) is 0.796. The third-order valence-electron chi connectivity index (χ3n) is 4.09. The molecule has 5 nitrogen and oxygen atoms in total. The molecule has 1 heterocycles. The third-order valence-corrected chi connectivity index (χ3v) is 4.09. The van der Waals surface area contributed by atoms with Gasteiger partial charge >= 0.3 is 0 Å². The first-order valence-electron chi connectivity index (χ1n) is 7.38. The topological polar surface area (TPSA) is 70.2 Å². The van der Waals surface area contributed by atoms with Crippen molar-refractivity contribution in [3.05, 3.63) is 23.8 Å². The molecule has 1 aliphatic rings. The van der Waals surface area contributed by atoms with Gasteiger partial charge < -0.3 is 16.0 Å². The van der Waals surface area contributed by atoms with Crippen LogP contribution in [0.4, 0.5) is 11.4 Å². The maximum atomic E-state index is 12.4. The first-order chi connectivity index (χ1) is 9.96. The summed E-state index contributed by atoms with van der Waals surface area (Å²) in [6, 6.07) is 5.54. The monoisotopic (exact) mass is 289 g/mol. The van der Waals surface area contributed by atoms with E-state index in [2.05, 4.69) is 16.0 Å². The molecule has 1 aromatic rings. The van der Waals surface area contributed by atoms with Gasteiger partial charge in [-0.05, 0) is 44.5 Å². The lowest BCUT2D eigenvalue weighted by atomic mass is 9.88. The van der Waals surface area contributed by atoms with Crippen LogP contribution in [-0.4, -0.2) is 24.9 Å². The summed E-state index contributed by atoms with van der Waals surface area (Å²) in [5.74, 6) is -0.0110. The first-order valence-corrected chi connectivity index (χ1v) is 7.38. The number of benzene rings is 1. The van der Waals surface area contributed by atoms with Crippen LogP contribution in [0.3, 0.4) is 0 Å². The predicted molar refractivity (Wildman–Crippen MR) is 84.3 cm³/mol. The molecule has 3 N–H and O–H groups in total. The Bertz CT molecular complexity index is 548. The van der Waals surface area contributed by atoms with Crippen LogP contribution in [0.2, 0.25) is 0 Å². The molecule has 21 heavy (non-hydrogen) atoms. The molecule has 1 aliphatic heterocycles. The SMILES string of the molecule is CCC(=O)Nc1cccc(NC(=O)C2(C)CCNC2)c1C. The maximum absolute atomic E-state index is 12.4. The van der Waals surface area contributed by atoms with Crippen molar-refractivity contribution in [2.45, 2.75) is 33.6 Å². The van der Waals surface area contributed by atoms with Crippen LogP contribution in [-0.2, 0) is 9.59 Å². The van der Waals surface area contributed by atoms with Gasteiger partial charge in [-0.1, -0.05) is 13.0 Å². The minimum absolute atomic E-state index is 0.0227. The van der Waals surface area contributed by atoms with Gasteiger partial charge in [0.2, 0.25) is 11.8 Å². The Kier molecular flexibility index (Phi) is 4.63. The summed E-state index contributed by atoms with van der Waals surface area (Å²) in [6.45, 7) is 7.25. The molecule has 1 fully saturated rings. The van der Waals surface area contributed by atoms with Gasteiger partial charge in [-0.2, -0.15) is 0 Å². The number of hydrogen-bond acceptors (Lipinski definition) is 3. The van der Waals surface area contributed by atoms with Crippen LogP contribution < -0.4 is 16.0 Å². The van der Waals surface area contributed by atoms with E-state index in [9.17, 15) is 9.59 Å². The largest absolute Gasteiger partial charge is 0.326 e. The lowest BCUT2D eigenvalue weighted by Gasteiger charge is -2.22. The average molecular weight is 289 g/mol. The van der Waals surface area contributed by atoms with Gasteiger partial charge in [0.1, 0.15) is 0 Å². The van der Waals surface area contributed by atoms with Crippen LogP contribution in [0, 0.1) is 12.3 Å². The predicted octanol–water partition coefficient (Wildman–Crippen LogP) is 2.28. The number of anilines is 2. The summed E-state index contributed by atoms with van der Waals surface area (Å²) in [5.41, 5.74) is 2.01. The van der Waals surface area contributed by atoms with Crippen molar-refractivity contribution in [3.8, 4) is 0 Å². The fourth-order valence-corrected chi connectivity index (χ4v) is 2.43. The smallest absolute Gasteiger partial charge is 0.231 e. The molecule has 1 atom stereocenters. The Labute approximate surface area is 125 Å². The Balaban J connectivity index is 2.15. The normalized spacial score (nSPS) is 21.1. The van der Waals surface area contributed by atoms with Crippen LogP contribution in [0.15, 0.2) is 18.2 Å². The molecule has 1 unspecified atom stereocenters. The summed E-state index contributed by atoms with van der Waals surface area (Å²) < 4.78 is 0. The van der Waals surface area contributed by atoms with E-state index in [-0.39, 0.29) is 17.2 Å². The molecule has 1 aromatic carbocycles. The van der Waals surface area contributed by atoms with E-state index in [1.807, 2.05) is 39.0 Å². The van der Waals surface area contributed by atoms with E-state index < -0.39 is 0 Å². The summed E-state index contributed by atoms with van der Waals surface area (Å²) in [7, 11) is 0. The number of rotatable bonds is 4. The van der Waals surface area contributed by atoms with Crippen molar-refractivity contribution >= 4 is 23.2 Å². The highest BCUT2D eigenvalue weighted by Crippen LogP contribution is 2.29. The second-order valence-electron chi connectivity index (χ2n) is 5.82. The minimum Gasteiger partial charge on any atom is -0.326 e. The molecule has 1 saturated heterocycles. The molecule has 0 radical (unpaired) electrons. The average Bonchev–Trinajstić information content (AvgIpc) is 2.91. The fraction of sp³-hybridized carbons (Fsp3) is 0.500. The van der Waals surface area contributed by atoms with Gasteiger partial charge in [0.15, 0.2) is 0 Å². The van der Waals surface area contributed by atoms with Crippen molar-refractivity contribution in [1.29, 1.82) is 0 Å². The van der Waals surface area contributed by atoms with Gasteiger partial charge in [-0.3, -0.25) is 9.59 Å². The van der Waals surface area contributed by atoms with E-state index in [0.29, 0.717) is 13.0 Å². The van der Waals surface area contributed by atoms with Gasteiger partial charge in [-0.15, -0.1) is 0 Å². The first kappa shape index (κ1) is 15.5. The Morgan fingerprint density at radius 1 is 1.29 bits per heavy atom. The van der Waals surface area contributed by atoms with Gasteiger partial charge in [-0.25, -0.2) is 0 Å². The molecule has 0 bridgehead atoms. The van der Waals surface area contributed by atoms with Gasteiger partial charge in [0.05, 0.1) is 5.41 Å². The fourth-order valence-electron chi connectivity index (χ4n) is 2.43. The zero-order valence-electron chi connectivity index (χ0n) is 12.9. The van der Waals surface area contributed by atoms with E-state index in [4.69, 9.17) is 0 Å². The molecule has 0 saturated carbocycles. The van der Waals surface area contributed by atoms with E-state index >= 15 is 0 Å². The highest BCUT2D eigenvalue weighted by Gasteiger charge is 2.36. The number of nitrogens with one attached hydrogen (secondary N) is 3. The third kappa shape index (κ3) is 3.42. The van der Waals surface area contributed by atoms with Gasteiger partial charge in [0, 0.05) is 24.3 Å². The highest BCUT2D eigenvalue weighted by molar-refractivity contribution is 5.98. The Hall–Kier alpha value is -1.88. The van der Waals surface area contributed by atoms with Crippen molar-refractivity contribution in [2.24, 2.45) is 5.41 Å². The van der Waals surface area contributed by atoms with Crippen LogP contribution in [0.5, 0.6) is 0 Å². The highest BCUT2D eigenvalue weighted by atomic mass is 16.2. The van der Waals surface area contributed by atoms with Crippen LogP contribution in [0.25, 0.3) is 0 Å². The summed E-state index contributed by atoms with van der Waals surface area (Å²) in [5, 5.41) is 9.07. The standard InChI is InChI=1S/C16H23N3O2/c1-4-14(20)18-12-6-5-7-13(11(12)2)19-15(21)16(3)8-9-17-10-16/h5-7,17H,4,8-10H2,1-3H3,(H,18,20)(H,19,21). The molecule has 114 valence electrons. The molecule has 5 heteroatoms. The summed E-state index contributed by atoms with van der Waals surface area (Å²) >= 11 is 0. The lowest BCUT2D eigenvalue weighted by molar-refractivity contribution is -0.123. The minimum atomic E-state index is -0.366. The molecule has 0 spiro atoms. The Morgan fingerprint density at radius 2 is 1.95 bits per heavy atom. The molecule has 0 aliphatic carbocycles. The van der Waals surface area contributed by atoms with Crippen molar-refractivity contribution in [1.82, 2.24) is 5.32 Å². The number of carbonyl (C=O) groups excluding carboxylic acids is 2. The number of amides is 2. The van der Waals surface area contributed by atoms with Crippen molar-refractivity contribution in [2.75, 3.05) is 23.7 Å². The number of carbonyl (C=O) groups is 2. The summed E-state index contributed by atoms with van der Waals surface area (Å²) in [4.78, 5) is 24.0. The zero-order chi connectivity index (χ0) is 15.5. The van der Waals surface area contributed by atoms with Crippen LogP contribution in [0.1, 0.15) is 32.3 Å². The van der Waals surface area contributed by atoms with Crippen LogP contribution >= 0.6 is 0 Å². The van der Waals surface area contributed by atoms with Crippen molar-refractivity contribution < 1.29 is 9.59 Å². The second kappa shape index (κ2) is 6.26. The van der Waals surface area contributed by atoms with Gasteiger partial charge in [0.25, 0.3) is 0 Å². The molecule has 2 amide bonds. The second-order valence-corrected chi connectivity index (χ2v) is 5.82. The Morgan fingerprint density at radius 3 is 2.52 bits per heavy atom.